The van der Waals surface area contributed by atoms with Crippen LogP contribution in [0.2, 0.25) is 0 Å². The number of hydrogen-bond donors (Lipinski definition) is 0. The van der Waals surface area contributed by atoms with E-state index in [9.17, 15) is 0 Å². The first-order chi connectivity index (χ1) is 30.2. The quantitative estimate of drug-likeness (QED) is 0.178. The third kappa shape index (κ3) is 4.79. The van der Waals surface area contributed by atoms with Crippen LogP contribution in [0.25, 0.3) is 131 Å². The van der Waals surface area contributed by atoms with Gasteiger partial charge in [0.15, 0.2) is 0 Å². The lowest BCUT2D eigenvalue weighted by molar-refractivity contribution is 0.668. The first kappa shape index (κ1) is 33.0. The summed E-state index contributed by atoms with van der Waals surface area (Å²) in [5, 5.41) is 10.3. The van der Waals surface area contributed by atoms with Crippen molar-refractivity contribution in [2.75, 3.05) is 0 Å². The summed E-state index contributed by atoms with van der Waals surface area (Å²) >= 11 is 1.75. The van der Waals surface area contributed by atoms with Crippen LogP contribution in [0.3, 0.4) is 0 Å². The third-order valence-corrected chi connectivity index (χ3v) is 13.6. The summed E-state index contributed by atoms with van der Waals surface area (Å²) in [6, 6.07) is 67.3. The molecule has 0 unspecified atom stereocenters. The van der Waals surface area contributed by atoms with Crippen molar-refractivity contribution in [3.8, 4) is 33.1 Å². The Kier molecular flexibility index (Phi) is 6.65. The van der Waals surface area contributed by atoms with E-state index in [2.05, 4.69) is 173 Å². The Bertz CT molecular complexity index is 4120. The molecule has 9 aromatic carbocycles. The van der Waals surface area contributed by atoms with Crippen molar-refractivity contribution in [1.29, 1.82) is 0 Å². The zero-order valence-corrected chi connectivity index (χ0v) is 33.3. The van der Waals surface area contributed by atoms with Crippen molar-refractivity contribution >= 4 is 109 Å². The van der Waals surface area contributed by atoms with Gasteiger partial charge in [-0.05, 0) is 102 Å². The van der Waals surface area contributed by atoms with E-state index >= 15 is 0 Å². The molecule has 0 radical (unpaired) electrons. The van der Waals surface area contributed by atoms with E-state index in [1.807, 2.05) is 24.3 Å². The van der Waals surface area contributed by atoms with Gasteiger partial charge in [0.25, 0.3) is 0 Å². The fourth-order valence-corrected chi connectivity index (χ4v) is 10.7. The molecule has 5 aromatic heterocycles. The highest BCUT2D eigenvalue weighted by Crippen LogP contribution is 2.42. The Hall–Kier alpha value is -7.93. The topological polar surface area (TPSA) is 49.0 Å². The first-order valence-corrected chi connectivity index (χ1v) is 21.3. The van der Waals surface area contributed by atoms with Crippen LogP contribution in [0.15, 0.2) is 197 Å². The Balaban J connectivity index is 0.975. The summed E-state index contributed by atoms with van der Waals surface area (Å²) in [7, 11) is 0. The summed E-state index contributed by atoms with van der Waals surface area (Å²) in [4.78, 5) is 5.17. The molecule has 14 rings (SSSR count). The van der Waals surface area contributed by atoms with Gasteiger partial charge in [0.2, 0.25) is 0 Å². The van der Waals surface area contributed by atoms with Gasteiger partial charge in [0, 0.05) is 60.0 Å². The minimum atomic E-state index is 0.884. The van der Waals surface area contributed by atoms with Gasteiger partial charge < -0.3 is 18.0 Å². The van der Waals surface area contributed by atoms with E-state index in [1.54, 1.807) is 11.3 Å². The predicted octanol–water partition coefficient (Wildman–Crippen LogP) is 15.6. The maximum absolute atomic E-state index is 6.26. The Morgan fingerprint density at radius 2 is 0.852 bits per heavy atom. The second-order valence-corrected chi connectivity index (χ2v) is 17.0. The van der Waals surface area contributed by atoms with Crippen LogP contribution in [-0.2, 0) is 0 Å². The molecule has 0 amide bonds. The molecular weight excluding hydrogens is 767 g/mol. The number of thiazole rings is 1. The molecule has 0 aliphatic rings. The minimum Gasteiger partial charge on any atom is -0.456 e. The number of fused-ring (bicyclic) bond motifs is 13. The monoisotopic (exact) mass is 797 g/mol. The van der Waals surface area contributed by atoms with Crippen LogP contribution < -0.4 is 0 Å². The Morgan fingerprint density at radius 3 is 1.51 bits per heavy atom. The van der Waals surface area contributed by atoms with Crippen molar-refractivity contribution in [2.24, 2.45) is 0 Å². The second kappa shape index (κ2) is 12.3. The smallest absolute Gasteiger partial charge is 0.135 e. The SMILES string of the molecule is c1ccc(-c2nc3cc4c(cc3s2)c2cc(-c3ccc5c(c3)c3ccccc3n5-c3ccc5oc6ccccc6c5c3)ccc2n4-c2ccc3oc4ccccc4c3c2)cc1. The number of furan rings is 2. The molecule has 14 aromatic rings. The maximum atomic E-state index is 6.26. The van der Waals surface area contributed by atoms with Crippen LogP contribution in [0.5, 0.6) is 0 Å². The lowest BCUT2D eigenvalue weighted by atomic mass is 10.0. The van der Waals surface area contributed by atoms with Crippen molar-refractivity contribution < 1.29 is 8.83 Å². The molecule has 6 heteroatoms. The lowest BCUT2D eigenvalue weighted by Crippen LogP contribution is -1.94. The second-order valence-electron chi connectivity index (χ2n) is 15.9. The highest BCUT2D eigenvalue weighted by Gasteiger charge is 2.20. The number of nitrogens with zero attached hydrogens (tertiary/aromatic N) is 3. The number of rotatable bonds is 4. The summed E-state index contributed by atoms with van der Waals surface area (Å²) < 4.78 is 18.4. The predicted molar refractivity (Wildman–Crippen MR) is 254 cm³/mol. The van der Waals surface area contributed by atoms with Crippen molar-refractivity contribution in [2.45, 2.75) is 0 Å². The fraction of sp³-hybridized carbons (Fsp3) is 0. The minimum absolute atomic E-state index is 0.884. The van der Waals surface area contributed by atoms with E-state index < -0.39 is 0 Å². The van der Waals surface area contributed by atoms with E-state index in [0.717, 1.165) is 82.4 Å². The van der Waals surface area contributed by atoms with E-state index in [0.29, 0.717) is 0 Å². The highest BCUT2D eigenvalue weighted by atomic mass is 32.1. The Morgan fingerprint density at radius 1 is 0.344 bits per heavy atom. The Labute approximate surface area is 351 Å². The van der Waals surface area contributed by atoms with Gasteiger partial charge in [-0.25, -0.2) is 4.98 Å². The fourth-order valence-electron chi connectivity index (χ4n) is 9.74. The van der Waals surface area contributed by atoms with E-state index in [1.165, 1.54) is 48.4 Å². The van der Waals surface area contributed by atoms with Gasteiger partial charge in [-0.1, -0.05) is 97.1 Å². The van der Waals surface area contributed by atoms with Gasteiger partial charge in [0.1, 0.15) is 27.3 Å². The largest absolute Gasteiger partial charge is 0.456 e. The highest BCUT2D eigenvalue weighted by molar-refractivity contribution is 7.21. The molecule has 0 fully saturated rings. The van der Waals surface area contributed by atoms with Gasteiger partial charge in [-0.2, -0.15) is 0 Å². The van der Waals surface area contributed by atoms with Gasteiger partial charge in [-0.3, -0.25) is 0 Å². The van der Waals surface area contributed by atoms with E-state index in [4.69, 9.17) is 13.8 Å². The molecule has 0 saturated carbocycles. The van der Waals surface area contributed by atoms with Crippen molar-refractivity contribution in [3.63, 3.8) is 0 Å². The normalized spacial score (nSPS) is 12.3. The molecule has 61 heavy (non-hydrogen) atoms. The molecule has 5 nitrogen and oxygen atoms in total. The van der Waals surface area contributed by atoms with Gasteiger partial charge >= 0.3 is 0 Å². The van der Waals surface area contributed by atoms with Crippen LogP contribution in [0.1, 0.15) is 0 Å². The first-order valence-electron chi connectivity index (χ1n) is 20.5. The summed E-state index contributed by atoms with van der Waals surface area (Å²) in [5.74, 6) is 0. The number of para-hydroxylation sites is 3. The summed E-state index contributed by atoms with van der Waals surface area (Å²) in [6.45, 7) is 0. The molecule has 0 aliphatic heterocycles. The van der Waals surface area contributed by atoms with Crippen LogP contribution >= 0.6 is 11.3 Å². The summed E-state index contributed by atoms with van der Waals surface area (Å²) in [6.07, 6.45) is 0. The molecule has 0 bridgehead atoms. The molecule has 284 valence electrons. The molecule has 0 atom stereocenters. The molecule has 0 saturated heterocycles. The summed E-state index contributed by atoms with van der Waals surface area (Å²) in [5.41, 5.74) is 14.9. The van der Waals surface area contributed by atoms with Crippen LogP contribution in [0, 0.1) is 0 Å². The van der Waals surface area contributed by atoms with E-state index in [-0.39, 0.29) is 0 Å². The van der Waals surface area contributed by atoms with Gasteiger partial charge in [-0.15, -0.1) is 11.3 Å². The van der Waals surface area contributed by atoms with Crippen molar-refractivity contribution in [1.82, 2.24) is 14.1 Å². The molecule has 0 spiro atoms. The molecule has 5 heterocycles. The zero-order chi connectivity index (χ0) is 39.8. The molecular formula is C55H31N3O2S. The molecule has 0 aliphatic carbocycles. The van der Waals surface area contributed by atoms with Crippen LogP contribution in [0.4, 0.5) is 0 Å². The zero-order valence-electron chi connectivity index (χ0n) is 32.5. The average Bonchev–Trinajstić information content (AvgIpc) is 4.13. The van der Waals surface area contributed by atoms with Crippen molar-refractivity contribution in [3.05, 3.63) is 188 Å². The number of hydrogen-bond acceptors (Lipinski definition) is 4. The molecule has 0 N–H and O–H groups in total. The number of benzene rings is 9. The third-order valence-electron chi connectivity index (χ3n) is 12.5. The van der Waals surface area contributed by atoms with Gasteiger partial charge in [0.05, 0.1) is 32.3 Å². The standard InChI is InChI=1S/C55H31N3O2S/c1-2-10-32(11-3-1)55-56-45-31-49-42(30-54(45)61-55)41-27-34(19-23-48(41)58(49)36-21-25-53-44(29-36)39-14-6-9-17-51(39)60-53)33-18-22-47-40(26-33)37-12-4-7-15-46(37)57(47)35-20-24-52-43(28-35)38-13-5-8-16-50(38)59-52/h1-31H. The number of aromatic nitrogens is 3. The maximum Gasteiger partial charge on any atom is 0.135 e. The average molecular weight is 798 g/mol. The lowest BCUT2D eigenvalue weighted by Gasteiger charge is -2.10. The van der Waals surface area contributed by atoms with Crippen LogP contribution in [-0.4, -0.2) is 14.1 Å².